The molecule has 0 atom stereocenters. The fourth-order valence-corrected chi connectivity index (χ4v) is 0.875. The van der Waals surface area contributed by atoms with Crippen LogP contribution in [0.2, 0.25) is 0 Å². The molecule has 0 aromatic rings. The van der Waals surface area contributed by atoms with E-state index in [0.29, 0.717) is 52.6 Å². The number of nitroso groups, excluding NO2 is 2. The van der Waals surface area contributed by atoms with Gasteiger partial charge in [-0.25, -0.2) is 0 Å². The Balaban J connectivity index is 2.87. The molecule has 7 nitrogen and oxygen atoms in total. The fourth-order valence-electron chi connectivity index (χ4n) is 0.875. The van der Waals surface area contributed by atoms with E-state index in [9.17, 15) is 9.81 Å². The van der Waals surface area contributed by atoms with E-state index in [1.807, 2.05) is 0 Å². The number of rotatable bonds is 13. The van der Waals surface area contributed by atoms with Gasteiger partial charge >= 0.3 is 0 Å². The third kappa shape index (κ3) is 13.1. The van der Waals surface area contributed by atoms with Gasteiger partial charge in [0.2, 0.25) is 0 Å². The van der Waals surface area contributed by atoms with Crippen molar-refractivity contribution in [3.63, 3.8) is 0 Å². The predicted octanol–water partition coefficient (Wildman–Crippen LogP) is 0.959. The molecule has 7 heteroatoms. The minimum atomic E-state index is 0.174. The van der Waals surface area contributed by atoms with Gasteiger partial charge in [0, 0.05) is 6.61 Å². The van der Waals surface area contributed by atoms with E-state index in [2.05, 4.69) is 10.4 Å². The van der Waals surface area contributed by atoms with Crippen molar-refractivity contribution >= 4 is 0 Å². The predicted molar refractivity (Wildman–Crippen MR) is 58.4 cm³/mol. The van der Waals surface area contributed by atoms with Crippen LogP contribution in [0.1, 0.15) is 6.42 Å². The van der Waals surface area contributed by atoms with Crippen molar-refractivity contribution in [2.75, 3.05) is 52.7 Å². The smallest absolute Gasteiger partial charge is 0.104 e. The van der Waals surface area contributed by atoms with Crippen LogP contribution in [0.3, 0.4) is 0 Å². The molecule has 0 heterocycles. The first-order chi connectivity index (χ1) is 7.91. The van der Waals surface area contributed by atoms with E-state index in [1.165, 1.54) is 0 Å². The molecular formula is C9H18N2O5. The number of nitrogens with zero attached hydrogens (tertiary/aromatic N) is 2. The lowest BCUT2D eigenvalue weighted by Crippen LogP contribution is -2.11. The summed E-state index contributed by atoms with van der Waals surface area (Å²) in [7, 11) is 0. The molecule has 0 radical (unpaired) electrons. The minimum absolute atomic E-state index is 0.174. The summed E-state index contributed by atoms with van der Waals surface area (Å²) in [6.07, 6.45) is 0.644. The molecule has 0 amide bonds. The van der Waals surface area contributed by atoms with Crippen LogP contribution in [0.15, 0.2) is 10.4 Å². The highest BCUT2D eigenvalue weighted by Crippen LogP contribution is 1.85. The van der Waals surface area contributed by atoms with Crippen LogP contribution in [0.5, 0.6) is 0 Å². The second-order valence-electron chi connectivity index (χ2n) is 2.90. The van der Waals surface area contributed by atoms with Crippen molar-refractivity contribution in [1.29, 1.82) is 0 Å². The van der Waals surface area contributed by atoms with E-state index >= 15 is 0 Å². The molecule has 0 bridgehead atoms. The summed E-state index contributed by atoms with van der Waals surface area (Å²) in [5.74, 6) is 0. The molecule has 0 aliphatic carbocycles. The number of ether oxygens (including phenoxy) is 3. The average molecular weight is 234 g/mol. The Morgan fingerprint density at radius 2 is 1.12 bits per heavy atom. The lowest BCUT2D eigenvalue weighted by Gasteiger charge is -2.05. The minimum Gasteiger partial charge on any atom is -0.379 e. The van der Waals surface area contributed by atoms with Crippen LogP contribution in [-0.2, 0) is 14.2 Å². The van der Waals surface area contributed by atoms with Crippen LogP contribution < -0.4 is 0 Å². The Bertz CT molecular complexity index is 150. The standard InChI is InChI=1S/C9H18N2O5/c12-10-2-1-4-14-6-8-16-9-7-15-5-3-11-13/h1-9H2. The quantitative estimate of drug-likeness (QED) is 0.350. The van der Waals surface area contributed by atoms with Gasteiger partial charge < -0.3 is 14.2 Å². The largest absolute Gasteiger partial charge is 0.379 e. The van der Waals surface area contributed by atoms with Gasteiger partial charge in [-0.1, -0.05) is 10.4 Å². The Labute approximate surface area is 94.4 Å². The van der Waals surface area contributed by atoms with Crippen molar-refractivity contribution in [2.45, 2.75) is 6.42 Å². The topological polar surface area (TPSA) is 86.6 Å². The first kappa shape index (κ1) is 15.1. The maximum absolute atomic E-state index is 9.72. The summed E-state index contributed by atoms with van der Waals surface area (Å²) in [5.41, 5.74) is 0. The van der Waals surface area contributed by atoms with Gasteiger partial charge in [-0.05, 0) is 6.42 Å². The summed E-state index contributed by atoms with van der Waals surface area (Å²) in [6, 6.07) is 0. The van der Waals surface area contributed by atoms with Gasteiger partial charge in [0.05, 0.1) is 39.6 Å². The SMILES string of the molecule is O=NCCCOCCOCCOCCN=O. The normalized spacial score (nSPS) is 10.2. The summed E-state index contributed by atoms with van der Waals surface area (Å²) >= 11 is 0. The molecule has 0 aliphatic heterocycles. The molecule has 0 fully saturated rings. The second kappa shape index (κ2) is 14.1. The van der Waals surface area contributed by atoms with Crippen molar-refractivity contribution in [3.05, 3.63) is 9.81 Å². The summed E-state index contributed by atoms with van der Waals surface area (Å²) < 4.78 is 15.4. The maximum Gasteiger partial charge on any atom is 0.104 e. The molecule has 0 aromatic carbocycles. The maximum atomic E-state index is 9.72. The van der Waals surface area contributed by atoms with Crippen LogP contribution in [0.4, 0.5) is 0 Å². The summed E-state index contributed by atoms with van der Waals surface area (Å²) in [5, 5.41) is 5.36. The van der Waals surface area contributed by atoms with E-state index in [4.69, 9.17) is 14.2 Å². The Kier molecular flexibility index (Phi) is 13.3. The van der Waals surface area contributed by atoms with Gasteiger partial charge in [-0.3, -0.25) is 0 Å². The molecule has 0 aromatic heterocycles. The first-order valence-corrected chi connectivity index (χ1v) is 5.23. The molecule has 0 spiro atoms. The highest BCUT2D eigenvalue weighted by atomic mass is 16.5. The first-order valence-electron chi connectivity index (χ1n) is 5.23. The summed E-state index contributed by atoms with van der Waals surface area (Å²) in [4.78, 5) is 19.4. The molecule has 0 N–H and O–H groups in total. The fraction of sp³-hybridized carbons (Fsp3) is 1.00. The zero-order valence-corrected chi connectivity index (χ0v) is 9.30. The van der Waals surface area contributed by atoms with Gasteiger partial charge in [0.1, 0.15) is 6.54 Å². The van der Waals surface area contributed by atoms with Crippen LogP contribution in [-0.4, -0.2) is 52.7 Å². The highest BCUT2D eigenvalue weighted by Gasteiger charge is 1.92. The molecule has 0 saturated carbocycles. The zero-order chi connectivity index (χ0) is 11.9. The molecule has 0 aliphatic rings. The Hall–Kier alpha value is -0.920. The lowest BCUT2D eigenvalue weighted by atomic mass is 10.5. The van der Waals surface area contributed by atoms with Crippen molar-refractivity contribution in [3.8, 4) is 0 Å². The van der Waals surface area contributed by atoms with Gasteiger partial charge in [-0.15, -0.1) is 0 Å². The van der Waals surface area contributed by atoms with Gasteiger partial charge in [0.25, 0.3) is 0 Å². The molecular weight excluding hydrogens is 216 g/mol. The third-order valence-corrected chi connectivity index (χ3v) is 1.61. The molecule has 0 saturated heterocycles. The van der Waals surface area contributed by atoms with Crippen LogP contribution >= 0.6 is 0 Å². The molecule has 94 valence electrons. The van der Waals surface area contributed by atoms with Crippen molar-refractivity contribution in [1.82, 2.24) is 0 Å². The van der Waals surface area contributed by atoms with Gasteiger partial charge in [0.15, 0.2) is 0 Å². The van der Waals surface area contributed by atoms with E-state index in [1.54, 1.807) is 0 Å². The van der Waals surface area contributed by atoms with Crippen molar-refractivity contribution < 1.29 is 14.2 Å². The van der Waals surface area contributed by atoms with Gasteiger partial charge in [-0.2, -0.15) is 9.81 Å². The zero-order valence-electron chi connectivity index (χ0n) is 9.30. The molecule has 0 rings (SSSR count). The second-order valence-corrected chi connectivity index (χ2v) is 2.90. The van der Waals surface area contributed by atoms with Crippen molar-refractivity contribution in [2.24, 2.45) is 10.4 Å². The van der Waals surface area contributed by atoms with E-state index in [0.717, 1.165) is 0 Å². The Morgan fingerprint density at radius 3 is 1.69 bits per heavy atom. The molecule has 16 heavy (non-hydrogen) atoms. The number of hydrogen-bond donors (Lipinski definition) is 0. The third-order valence-electron chi connectivity index (χ3n) is 1.61. The Morgan fingerprint density at radius 1 is 0.625 bits per heavy atom. The highest BCUT2D eigenvalue weighted by molar-refractivity contribution is 4.41. The average Bonchev–Trinajstić information content (AvgIpc) is 2.31. The van der Waals surface area contributed by atoms with Crippen LogP contribution in [0.25, 0.3) is 0 Å². The van der Waals surface area contributed by atoms with E-state index in [-0.39, 0.29) is 6.54 Å². The summed E-state index contributed by atoms with van der Waals surface area (Å²) in [6.45, 7) is 3.23. The van der Waals surface area contributed by atoms with E-state index < -0.39 is 0 Å². The number of hydrogen-bond acceptors (Lipinski definition) is 7. The lowest BCUT2D eigenvalue weighted by molar-refractivity contribution is 0.0159. The molecule has 0 unspecified atom stereocenters. The monoisotopic (exact) mass is 234 g/mol. The van der Waals surface area contributed by atoms with Crippen LogP contribution in [0, 0.1) is 9.81 Å².